The maximum absolute atomic E-state index is 12.9. The van der Waals surface area contributed by atoms with Crippen molar-refractivity contribution >= 4 is 11.8 Å². The molecule has 0 saturated carbocycles. The quantitative estimate of drug-likeness (QED) is 0.611. The van der Waals surface area contributed by atoms with Crippen LogP contribution in [0.2, 0.25) is 0 Å². The van der Waals surface area contributed by atoms with Crippen molar-refractivity contribution in [3.8, 4) is 11.5 Å². The molecule has 1 unspecified atom stereocenters. The number of methoxy groups -OCH3 is 2. The number of Topliss-reactive ketones (excluding diaryl/α,β-unsaturated/α-hetero) is 1. The van der Waals surface area contributed by atoms with E-state index in [0.29, 0.717) is 17.4 Å². The van der Waals surface area contributed by atoms with Crippen LogP contribution in [-0.4, -0.2) is 55.2 Å². The van der Waals surface area contributed by atoms with Gasteiger partial charge in [0.2, 0.25) is 0 Å². The van der Waals surface area contributed by atoms with Crippen LogP contribution in [0, 0.1) is 11.8 Å². The van der Waals surface area contributed by atoms with Gasteiger partial charge in [-0.2, -0.15) is 13.2 Å². The summed E-state index contributed by atoms with van der Waals surface area (Å²) in [6.07, 6.45) is -0.894. The Morgan fingerprint density at radius 1 is 1.06 bits per heavy atom. The van der Waals surface area contributed by atoms with Gasteiger partial charge >= 0.3 is 12.1 Å². The molecular formula is C26H30F3NO5. The summed E-state index contributed by atoms with van der Waals surface area (Å²) >= 11 is 0. The number of carbonyl (C=O) groups excluding carboxylic acids is 1. The molecule has 1 atom stereocenters. The first kappa shape index (κ1) is 26.5. The molecule has 0 radical (unpaired) electrons. The average Bonchev–Trinajstić information content (AvgIpc) is 3.14. The number of alkyl halides is 3. The highest BCUT2D eigenvalue weighted by molar-refractivity contribution is 6.02. The molecule has 1 fully saturated rings. The number of carboxylic acid groups (broad SMARTS) is 1. The predicted molar refractivity (Wildman–Crippen MR) is 124 cm³/mol. The Morgan fingerprint density at radius 2 is 1.63 bits per heavy atom. The number of aliphatic carboxylic acids is 1. The fourth-order valence-corrected chi connectivity index (χ4v) is 4.71. The van der Waals surface area contributed by atoms with Crippen molar-refractivity contribution in [2.45, 2.75) is 38.4 Å². The van der Waals surface area contributed by atoms with Crippen LogP contribution in [-0.2, 0) is 17.8 Å². The maximum Gasteiger partial charge on any atom is 0.490 e. The van der Waals surface area contributed by atoms with Gasteiger partial charge in [-0.25, -0.2) is 4.79 Å². The molecule has 2 aromatic carbocycles. The number of halogens is 3. The van der Waals surface area contributed by atoms with Crippen molar-refractivity contribution in [1.29, 1.82) is 0 Å². The molecule has 0 spiro atoms. The molecule has 4 rings (SSSR count). The molecular weight excluding hydrogens is 463 g/mol. The normalized spacial score (nSPS) is 18.4. The molecule has 190 valence electrons. The summed E-state index contributed by atoms with van der Waals surface area (Å²) < 4.78 is 42.5. The highest BCUT2D eigenvalue weighted by Crippen LogP contribution is 2.39. The second kappa shape index (κ2) is 11.6. The Hall–Kier alpha value is -3.07. The van der Waals surface area contributed by atoms with E-state index in [1.807, 2.05) is 12.1 Å². The fourth-order valence-electron chi connectivity index (χ4n) is 4.71. The maximum atomic E-state index is 12.9. The standard InChI is InChI=1S/C24H29NO3.C2HF3O2/c1-27-22-14-19-13-20(24(26)21(19)15-23(22)28-2)12-17-8-10-25(11-9-17)16-18-6-4-3-5-7-18;3-2(4,5)1(6)7/h3-7,14-15,17,20H,8-13,16H2,1-2H3;(H,6,7). The highest BCUT2D eigenvalue weighted by Gasteiger charge is 2.38. The number of hydrogen-bond acceptors (Lipinski definition) is 5. The van der Waals surface area contributed by atoms with Crippen molar-refractivity contribution in [3.63, 3.8) is 0 Å². The Kier molecular flexibility index (Phi) is 8.77. The van der Waals surface area contributed by atoms with Crippen molar-refractivity contribution in [2.75, 3.05) is 27.3 Å². The minimum Gasteiger partial charge on any atom is -0.493 e. The first-order chi connectivity index (χ1) is 16.6. The van der Waals surface area contributed by atoms with Gasteiger partial charge in [-0.1, -0.05) is 30.3 Å². The minimum atomic E-state index is -5.08. The van der Waals surface area contributed by atoms with Crippen molar-refractivity contribution < 1.29 is 37.3 Å². The number of hydrogen-bond donors (Lipinski definition) is 1. The van der Waals surface area contributed by atoms with Gasteiger partial charge in [0.25, 0.3) is 0 Å². The van der Waals surface area contributed by atoms with Crippen LogP contribution in [0.15, 0.2) is 42.5 Å². The van der Waals surface area contributed by atoms with Crippen molar-refractivity contribution in [3.05, 3.63) is 59.2 Å². The smallest absolute Gasteiger partial charge is 0.490 e. The molecule has 6 nitrogen and oxygen atoms in total. The van der Waals surface area contributed by atoms with Crippen molar-refractivity contribution in [1.82, 2.24) is 4.90 Å². The number of ketones is 1. The molecule has 1 N–H and O–H groups in total. The first-order valence-corrected chi connectivity index (χ1v) is 11.5. The second-order valence-electron chi connectivity index (χ2n) is 8.87. The van der Waals surface area contributed by atoms with E-state index in [2.05, 4.69) is 35.2 Å². The van der Waals surface area contributed by atoms with Gasteiger partial charge in [0.1, 0.15) is 0 Å². The zero-order chi connectivity index (χ0) is 25.6. The van der Waals surface area contributed by atoms with E-state index in [1.165, 1.54) is 18.4 Å². The molecule has 0 aromatic heterocycles. The van der Waals surface area contributed by atoms with Gasteiger partial charge in [0.05, 0.1) is 14.2 Å². The number of piperidine rings is 1. The summed E-state index contributed by atoms with van der Waals surface area (Å²) in [4.78, 5) is 24.4. The summed E-state index contributed by atoms with van der Waals surface area (Å²) in [5, 5.41) is 7.12. The molecule has 35 heavy (non-hydrogen) atoms. The number of benzene rings is 2. The topological polar surface area (TPSA) is 76.1 Å². The van der Waals surface area contributed by atoms with Crippen LogP contribution in [0.3, 0.4) is 0 Å². The third-order valence-corrected chi connectivity index (χ3v) is 6.53. The largest absolute Gasteiger partial charge is 0.493 e. The van der Waals surface area contributed by atoms with Gasteiger partial charge in [0.15, 0.2) is 17.3 Å². The Morgan fingerprint density at radius 3 is 2.17 bits per heavy atom. The Balaban J connectivity index is 0.000000429. The molecule has 1 aliphatic heterocycles. The van der Waals surface area contributed by atoms with Gasteiger partial charge in [0, 0.05) is 18.0 Å². The SMILES string of the molecule is COc1cc2c(cc1OC)C(=O)C(CC1CCN(Cc3ccccc3)CC1)C2.O=C(O)C(F)(F)F. The summed E-state index contributed by atoms with van der Waals surface area (Å²) in [6.45, 7) is 3.27. The number of fused-ring (bicyclic) bond motifs is 1. The lowest BCUT2D eigenvalue weighted by atomic mass is 9.85. The number of likely N-dealkylation sites (tertiary alicyclic amines) is 1. The summed E-state index contributed by atoms with van der Waals surface area (Å²) in [5.74, 6) is -0.375. The number of carbonyl (C=O) groups is 2. The fraction of sp³-hybridized carbons (Fsp3) is 0.462. The summed E-state index contributed by atoms with van der Waals surface area (Å²) in [7, 11) is 3.26. The third-order valence-electron chi connectivity index (χ3n) is 6.53. The zero-order valence-electron chi connectivity index (χ0n) is 19.8. The summed E-state index contributed by atoms with van der Waals surface area (Å²) in [5.41, 5.74) is 3.31. The highest BCUT2D eigenvalue weighted by atomic mass is 19.4. The Bertz CT molecular complexity index is 1020. The van der Waals surface area contributed by atoms with E-state index in [9.17, 15) is 18.0 Å². The van der Waals surface area contributed by atoms with Crippen molar-refractivity contribution in [2.24, 2.45) is 11.8 Å². The Labute approximate surface area is 202 Å². The monoisotopic (exact) mass is 493 g/mol. The van der Waals surface area contributed by atoms with E-state index < -0.39 is 12.1 Å². The van der Waals surface area contributed by atoms with E-state index in [-0.39, 0.29) is 11.7 Å². The van der Waals surface area contributed by atoms with Gasteiger partial charge in [-0.3, -0.25) is 9.69 Å². The second-order valence-corrected chi connectivity index (χ2v) is 8.87. The van der Waals surface area contributed by atoms with Gasteiger partial charge < -0.3 is 14.6 Å². The minimum absolute atomic E-state index is 0.109. The van der Waals surface area contributed by atoms with E-state index >= 15 is 0 Å². The van der Waals surface area contributed by atoms with Gasteiger partial charge in [-0.15, -0.1) is 0 Å². The van der Waals surface area contributed by atoms with E-state index in [0.717, 1.165) is 43.6 Å². The third kappa shape index (κ3) is 6.97. The number of carboxylic acids is 1. The van der Waals surface area contributed by atoms with Crippen LogP contribution in [0.5, 0.6) is 11.5 Å². The van der Waals surface area contributed by atoms with Crippen LogP contribution in [0.4, 0.5) is 13.2 Å². The molecule has 0 bridgehead atoms. The predicted octanol–water partition coefficient (Wildman–Crippen LogP) is 4.99. The molecule has 2 aliphatic rings. The average molecular weight is 494 g/mol. The molecule has 2 aromatic rings. The molecule has 1 saturated heterocycles. The lowest BCUT2D eigenvalue weighted by molar-refractivity contribution is -0.192. The number of nitrogens with zero attached hydrogens (tertiary/aromatic N) is 1. The van der Waals surface area contributed by atoms with Crippen LogP contribution >= 0.6 is 0 Å². The molecule has 1 heterocycles. The van der Waals surface area contributed by atoms with Crippen LogP contribution in [0.25, 0.3) is 0 Å². The number of rotatable bonds is 6. The zero-order valence-corrected chi connectivity index (χ0v) is 19.8. The lowest BCUT2D eigenvalue weighted by Crippen LogP contribution is -2.34. The summed E-state index contributed by atoms with van der Waals surface area (Å²) in [6, 6.07) is 14.5. The first-order valence-electron chi connectivity index (χ1n) is 11.5. The molecule has 0 amide bonds. The van der Waals surface area contributed by atoms with E-state index in [4.69, 9.17) is 19.4 Å². The molecule has 1 aliphatic carbocycles. The van der Waals surface area contributed by atoms with Gasteiger partial charge in [-0.05, 0) is 68.0 Å². The van der Waals surface area contributed by atoms with Crippen LogP contribution < -0.4 is 9.47 Å². The molecule has 9 heteroatoms. The van der Waals surface area contributed by atoms with Crippen LogP contribution in [0.1, 0.15) is 40.7 Å². The lowest BCUT2D eigenvalue weighted by Gasteiger charge is -2.32. The number of ether oxygens (including phenoxy) is 2. The van der Waals surface area contributed by atoms with E-state index in [1.54, 1.807) is 14.2 Å².